The SMILES string of the molecule is COC(=O)CC(NC(=O)c1cc(Cl)c(OC)c(Cl)c1)c1ccc(F)cc1. The number of hydrogen-bond donors (Lipinski definition) is 1. The fourth-order valence-electron chi connectivity index (χ4n) is 2.32. The highest BCUT2D eigenvalue weighted by Crippen LogP contribution is 2.34. The molecule has 0 radical (unpaired) electrons. The van der Waals surface area contributed by atoms with Crippen molar-refractivity contribution in [2.24, 2.45) is 0 Å². The lowest BCUT2D eigenvalue weighted by Gasteiger charge is -2.19. The van der Waals surface area contributed by atoms with Gasteiger partial charge in [0.1, 0.15) is 5.82 Å². The van der Waals surface area contributed by atoms with Crippen LogP contribution in [0.3, 0.4) is 0 Å². The number of benzene rings is 2. The molecule has 2 rings (SSSR count). The lowest BCUT2D eigenvalue weighted by molar-refractivity contribution is -0.141. The first-order chi connectivity index (χ1) is 12.3. The molecule has 0 saturated heterocycles. The molecule has 1 unspecified atom stereocenters. The number of halogens is 3. The minimum Gasteiger partial charge on any atom is -0.494 e. The number of methoxy groups -OCH3 is 2. The van der Waals surface area contributed by atoms with E-state index in [-0.39, 0.29) is 27.8 Å². The van der Waals surface area contributed by atoms with Crippen LogP contribution in [-0.2, 0) is 9.53 Å². The van der Waals surface area contributed by atoms with E-state index in [1.165, 1.54) is 50.6 Å². The van der Waals surface area contributed by atoms with Crippen molar-refractivity contribution in [1.29, 1.82) is 0 Å². The van der Waals surface area contributed by atoms with Gasteiger partial charge in [0.15, 0.2) is 5.75 Å². The quantitative estimate of drug-likeness (QED) is 0.740. The van der Waals surface area contributed by atoms with Gasteiger partial charge >= 0.3 is 5.97 Å². The van der Waals surface area contributed by atoms with Crippen LogP contribution in [0.4, 0.5) is 4.39 Å². The van der Waals surface area contributed by atoms with Crippen LogP contribution < -0.4 is 10.1 Å². The number of rotatable bonds is 6. The number of amides is 1. The summed E-state index contributed by atoms with van der Waals surface area (Å²) in [4.78, 5) is 24.2. The summed E-state index contributed by atoms with van der Waals surface area (Å²) in [6.45, 7) is 0. The molecule has 0 aromatic heterocycles. The van der Waals surface area contributed by atoms with E-state index in [2.05, 4.69) is 10.1 Å². The van der Waals surface area contributed by atoms with Gasteiger partial charge < -0.3 is 14.8 Å². The van der Waals surface area contributed by atoms with Crippen LogP contribution in [0.5, 0.6) is 5.75 Å². The van der Waals surface area contributed by atoms with Gasteiger partial charge in [-0.3, -0.25) is 9.59 Å². The predicted molar refractivity (Wildman–Crippen MR) is 96.3 cm³/mol. The van der Waals surface area contributed by atoms with E-state index in [0.717, 1.165) is 0 Å². The Morgan fingerprint density at radius 3 is 2.19 bits per heavy atom. The predicted octanol–water partition coefficient (Wildman–Crippen LogP) is 4.18. The van der Waals surface area contributed by atoms with Crippen LogP contribution in [0.15, 0.2) is 36.4 Å². The van der Waals surface area contributed by atoms with E-state index in [0.29, 0.717) is 5.56 Å². The molecule has 26 heavy (non-hydrogen) atoms. The molecular formula is C18H16Cl2FNO4. The van der Waals surface area contributed by atoms with Gasteiger partial charge in [-0.05, 0) is 29.8 Å². The maximum Gasteiger partial charge on any atom is 0.307 e. The lowest BCUT2D eigenvalue weighted by Crippen LogP contribution is -2.30. The summed E-state index contributed by atoms with van der Waals surface area (Å²) in [5.41, 5.74) is 0.744. The summed E-state index contributed by atoms with van der Waals surface area (Å²) in [5.74, 6) is -1.19. The highest BCUT2D eigenvalue weighted by Gasteiger charge is 2.21. The molecule has 0 saturated carbocycles. The van der Waals surface area contributed by atoms with Gasteiger partial charge in [-0.25, -0.2) is 4.39 Å². The van der Waals surface area contributed by atoms with Crippen LogP contribution in [0.25, 0.3) is 0 Å². The average molecular weight is 400 g/mol. The van der Waals surface area contributed by atoms with Crippen LogP contribution in [0.2, 0.25) is 10.0 Å². The summed E-state index contributed by atoms with van der Waals surface area (Å²) in [7, 11) is 2.66. The van der Waals surface area contributed by atoms with Crippen molar-refractivity contribution in [3.05, 3.63) is 63.4 Å². The molecule has 2 aromatic rings. The number of carbonyl (C=O) groups excluding carboxylic acids is 2. The molecule has 1 atom stereocenters. The number of esters is 1. The minimum absolute atomic E-state index is 0.120. The smallest absolute Gasteiger partial charge is 0.307 e. The molecule has 0 aliphatic carbocycles. The highest BCUT2D eigenvalue weighted by molar-refractivity contribution is 6.37. The molecule has 1 N–H and O–H groups in total. The number of ether oxygens (including phenoxy) is 2. The maximum atomic E-state index is 13.1. The molecule has 0 aliphatic heterocycles. The van der Waals surface area contributed by atoms with Crippen molar-refractivity contribution in [2.45, 2.75) is 12.5 Å². The fourth-order valence-corrected chi connectivity index (χ4v) is 2.97. The largest absolute Gasteiger partial charge is 0.494 e. The number of hydrogen-bond acceptors (Lipinski definition) is 4. The first-order valence-corrected chi connectivity index (χ1v) is 8.27. The summed E-state index contributed by atoms with van der Waals surface area (Å²) >= 11 is 12.1. The molecular weight excluding hydrogens is 384 g/mol. The van der Waals surface area contributed by atoms with Gasteiger partial charge in [0.2, 0.25) is 0 Å². The Hall–Kier alpha value is -2.31. The zero-order chi connectivity index (χ0) is 19.3. The Balaban J connectivity index is 2.28. The highest BCUT2D eigenvalue weighted by atomic mass is 35.5. The second kappa shape index (κ2) is 8.87. The summed E-state index contributed by atoms with van der Waals surface area (Å²) < 4.78 is 22.9. The van der Waals surface area contributed by atoms with Crippen molar-refractivity contribution < 1.29 is 23.5 Å². The average Bonchev–Trinajstić information content (AvgIpc) is 2.61. The third-order valence-corrected chi connectivity index (χ3v) is 4.20. The van der Waals surface area contributed by atoms with Crippen molar-refractivity contribution in [1.82, 2.24) is 5.32 Å². The van der Waals surface area contributed by atoms with Crippen molar-refractivity contribution >= 4 is 35.1 Å². The molecule has 0 heterocycles. The van der Waals surface area contributed by atoms with E-state index in [4.69, 9.17) is 27.9 Å². The normalized spacial score (nSPS) is 11.6. The molecule has 2 aromatic carbocycles. The van der Waals surface area contributed by atoms with Gasteiger partial charge in [-0.2, -0.15) is 0 Å². The Kier molecular flexibility index (Phi) is 6.83. The topological polar surface area (TPSA) is 64.6 Å². The zero-order valence-electron chi connectivity index (χ0n) is 14.0. The Morgan fingerprint density at radius 1 is 1.12 bits per heavy atom. The van der Waals surface area contributed by atoms with Gasteiger partial charge in [0.25, 0.3) is 5.91 Å². The molecule has 0 spiro atoms. The fraction of sp³-hybridized carbons (Fsp3) is 0.222. The summed E-state index contributed by atoms with van der Waals surface area (Å²) in [5, 5.41) is 3.06. The molecule has 0 bridgehead atoms. The second-order valence-corrected chi connectivity index (χ2v) is 6.15. The van der Waals surface area contributed by atoms with E-state index in [1.54, 1.807) is 0 Å². The minimum atomic E-state index is -0.713. The first kappa shape index (κ1) is 20.0. The van der Waals surface area contributed by atoms with Crippen LogP contribution in [0, 0.1) is 5.82 Å². The van der Waals surface area contributed by atoms with Crippen LogP contribution in [-0.4, -0.2) is 26.1 Å². The van der Waals surface area contributed by atoms with E-state index in [1.807, 2.05) is 0 Å². The summed E-state index contributed by atoms with van der Waals surface area (Å²) in [6, 6.07) is 7.55. The standard InChI is InChI=1S/C18H16Cl2FNO4/c1-25-16(23)9-15(10-3-5-12(21)6-4-10)22-18(24)11-7-13(19)17(26-2)14(20)8-11/h3-8,15H,9H2,1-2H3,(H,22,24). The molecule has 5 nitrogen and oxygen atoms in total. The zero-order valence-corrected chi connectivity index (χ0v) is 15.5. The van der Waals surface area contributed by atoms with E-state index in [9.17, 15) is 14.0 Å². The molecule has 0 aliphatic rings. The van der Waals surface area contributed by atoms with Crippen molar-refractivity contribution in [3.8, 4) is 5.75 Å². The van der Waals surface area contributed by atoms with Gasteiger partial charge in [-0.1, -0.05) is 35.3 Å². The van der Waals surface area contributed by atoms with Crippen molar-refractivity contribution in [2.75, 3.05) is 14.2 Å². The molecule has 8 heteroatoms. The number of carbonyl (C=O) groups is 2. The van der Waals surface area contributed by atoms with E-state index >= 15 is 0 Å². The first-order valence-electron chi connectivity index (χ1n) is 7.52. The third kappa shape index (κ3) is 4.86. The molecule has 138 valence electrons. The van der Waals surface area contributed by atoms with Crippen LogP contribution in [0.1, 0.15) is 28.4 Å². The lowest BCUT2D eigenvalue weighted by atomic mass is 10.0. The van der Waals surface area contributed by atoms with Gasteiger partial charge in [0.05, 0.1) is 36.7 Å². The third-order valence-electron chi connectivity index (χ3n) is 3.64. The second-order valence-electron chi connectivity index (χ2n) is 5.33. The maximum absolute atomic E-state index is 13.1. The molecule has 0 fully saturated rings. The Morgan fingerprint density at radius 2 is 1.69 bits per heavy atom. The van der Waals surface area contributed by atoms with Gasteiger partial charge in [0, 0.05) is 5.56 Å². The summed E-state index contributed by atoms with van der Waals surface area (Å²) in [6.07, 6.45) is -0.120. The Bertz CT molecular complexity index is 788. The van der Waals surface area contributed by atoms with Gasteiger partial charge in [-0.15, -0.1) is 0 Å². The van der Waals surface area contributed by atoms with Crippen molar-refractivity contribution in [3.63, 3.8) is 0 Å². The number of nitrogens with one attached hydrogen (secondary N) is 1. The monoisotopic (exact) mass is 399 g/mol. The van der Waals surface area contributed by atoms with Crippen LogP contribution >= 0.6 is 23.2 Å². The Labute approximate surface area is 160 Å². The van der Waals surface area contributed by atoms with E-state index < -0.39 is 23.7 Å². The molecule has 1 amide bonds.